The summed E-state index contributed by atoms with van der Waals surface area (Å²) in [6.45, 7) is 9.14. The molecule has 3 heterocycles. The molecule has 0 atom stereocenters. The van der Waals surface area contributed by atoms with E-state index in [4.69, 9.17) is 4.98 Å². The molecular weight excluding hydrogens is 809 g/mol. The summed E-state index contributed by atoms with van der Waals surface area (Å²) in [5.41, 5.74) is 10.1. The Balaban J connectivity index is 0.000000208. The Morgan fingerprint density at radius 1 is 0.571 bits per heavy atom. The first-order valence-electron chi connectivity index (χ1n) is 16.2. The fraction of sp³-hybridized carbons (Fsp3) is 0.0909. The standard InChI is InChI=1S/C30H20NS.C14H16NSi.Ir/c1-20-16-28(31-19-27(20)22-10-6-3-7-11-22)24-12-14-25-26-17-23(21-8-4-2-5-9-21)13-15-29(26)32-30(25)18-24;1-16(2,3)13-9-10-14(15-11-13)12-7-5-4-6-8-12;/h2-11,13-19H,1H3;4-7,9-11H,1-3H3;/q2*-1;. The minimum absolute atomic E-state index is 0. The first-order chi connectivity index (χ1) is 23.3. The van der Waals surface area contributed by atoms with Crippen LogP contribution in [-0.4, -0.2) is 18.0 Å². The molecule has 0 aliphatic rings. The Morgan fingerprint density at radius 3 is 1.94 bits per heavy atom. The van der Waals surface area contributed by atoms with Gasteiger partial charge in [-0.25, -0.2) is 0 Å². The minimum atomic E-state index is -1.23. The molecule has 0 unspecified atom stereocenters. The van der Waals surface area contributed by atoms with Crippen LogP contribution in [0.15, 0.2) is 146 Å². The van der Waals surface area contributed by atoms with Crippen LogP contribution in [0, 0.1) is 19.1 Å². The van der Waals surface area contributed by atoms with E-state index in [1.807, 2.05) is 54.1 Å². The molecule has 1 radical (unpaired) electrons. The van der Waals surface area contributed by atoms with E-state index in [-0.39, 0.29) is 20.1 Å². The van der Waals surface area contributed by atoms with Gasteiger partial charge in [0.25, 0.3) is 0 Å². The van der Waals surface area contributed by atoms with Gasteiger partial charge in [0.2, 0.25) is 0 Å². The number of rotatable bonds is 5. The van der Waals surface area contributed by atoms with Crippen molar-refractivity contribution in [3.63, 3.8) is 0 Å². The summed E-state index contributed by atoms with van der Waals surface area (Å²) in [6, 6.07) is 53.2. The van der Waals surface area contributed by atoms with Crippen molar-refractivity contribution in [1.29, 1.82) is 0 Å². The first-order valence-corrected chi connectivity index (χ1v) is 20.5. The number of thiophene rings is 1. The van der Waals surface area contributed by atoms with Gasteiger partial charge in [-0.05, 0) is 61.9 Å². The third kappa shape index (κ3) is 7.72. The van der Waals surface area contributed by atoms with Gasteiger partial charge in [0.05, 0.1) is 8.07 Å². The number of pyridine rings is 2. The molecule has 0 N–H and O–H groups in total. The molecule has 0 spiro atoms. The van der Waals surface area contributed by atoms with E-state index >= 15 is 0 Å². The molecule has 8 aromatic rings. The van der Waals surface area contributed by atoms with Crippen molar-refractivity contribution in [2.75, 3.05) is 0 Å². The number of aryl methyl sites for hydroxylation is 1. The number of fused-ring (bicyclic) bond motifs is 3. The Bertz CT molecular complexity index is 2310. The summed E-state index contributed by atoms with van der Waals surface area (Å²) >= 11 is 1.83. The van der Waals surface area contributed by atoms with Gasteiger partial charge in [-0.15, -0.1) is 59.7 Å². The van der Waals surface area contributed by atoms with Gasteiger partial charge in [-0.2, -0.15) is 11.3 Å². The van der Waals surface area contributed by atoms with Crippen LogP contribution in [0.4, 0.5) is 0 Å². The Kier molecular flexibility index (Phi) is 10.5. The predicted molar refractivity (Wildman–Crippen MR) is 208 cm³/mol. The number of aromatic nitrogens is 2. The quantitative estimate of drug-likeness (QED) is 0.127. The molecule has 0 saturated heterocycles. The van der Waals surface area contributed by atoms with Gasteiger partial charge in [0, 0.05) is 42.8 Å². The van der Waals surface area contributed by atoms with Gasteiger partial charge in [-0.3, -0.25) is 0 Å². The van der Waals surface area contributed by atoms with Crippen molar-refractivity contribution in [3.8, 4) is 44.8 Å². The van der Waals surface area contributed by atoms with Crippen LogP contribution in [0.2, 0.25) is 19.6 Å². The molecule has 49 heavy (non-hydrogen) atoms. The van der Waals surface area contributed by atoms with Gasteiger partial charge >= 0.3 is 0 Å². The molecule has 0 saturated carbocycles. The monoisotopic (exact) mass is 845 g/mol. The molecule has 8 rings (SSSR count). The first kappa shape index (κ1) is 34.4. The van der Waals surface area contributed by atoms with Crippen LogP contribution in [-0.2, 0) is 20.1 Å². The van der Waals surface area contributed by atoms with Crippen LogP contribution in [0.1, 0.15) is 5.56 Å². The van der Waals surface area contributed by atoms with Crippen molar-refractivity contribution >= 4 is 44.8 Å². The zero-order valence-corrected chi connectivity index (χ0v) is 32.2. The Morgan fingerprint density at radius 2 is 1.29 bits per heavy atom. The molecule has 0 fully saturated rings. The summed E-state index contributed by atoms with van der Waals surface area (Å²) in [4.78, 5) is 9.29. The van der Waals surface area contributed by atoms with Crippen molar-refractivity contribution in [2.24, 2.45) is 0 Å². The van der Waals surface area contributed by atoms with E-state index in [0.29, 0.717) is 0 Å². The van der Waals surface area contributed by atoms with Crippen molar-refractivity contribution in [1.82, 2.24) is 9.97 Å². The minimum Gasteiger partial charge on any atom is -0.305 e. The van der Waals surface area contributed by atoms with Gasteiger partial charge in [0.1, 0.15) is 0 Å². The fourth-order valence-corrected chi connectivity index (χ4v) is 7.99. The second kappa shape index (κ2) is 14.9. The smallest absolute Gasteiger partial charge is 0.0795 e. The van der Waals surface area contributed by atoms with Crippen LogP contribution in [0.3, 0.4) is 0 Å². The molecule has 5 aromatic carbocycles. The van der Waals surface area contributed by atoms with Crippen molar-refractivity contribution < 1.29 is 20.1 Å². The zero-order valence-electron chi connectivity index (χ0n) is 28.0. The van der Waals surface area contributed by atoms with Crippen LogP contribution < -0.4 is 5.19 Å². The molecule has 0 bridgehead atoms. The van der Waals surface area contributed by atoms with Gasteiger partial charge < -0.3 is 9.97 Å². The van der Waals surface area contributed by atoms with Gasteiger partial charge in [0.15, 0.2) is 0 Å². The maximum absolute atomic E-state index is 4.77. The number of hydrogen-bond donors (Lipinski definition) is 0. The van der Waals surface area contributed by atoms with Crippen molar-refractivity contribution in [2.45, 2.75) is 26.6 Å². The average Bonchev–Trinajstić information content (AvgIpc) is 3.50. The van der Waals surface area contributed by atoms with Crippen LogP contribution in [0.25, 0.3) is 64.9 Å². The normalized spacial score (nSPS) is 11.1. The van der Waals surface area contributed by atoms with E-state index in [1.54, 1.807) is 0 Å². The Hall–Kier alpha value is -4.51. The summed E-state index contributed by atoms with van der Waals surface area (Å²) in [5.74, 6) is 0. The van der Waals surface area contributed by atoms with Crippen LogP contribution >= 0.6 is 11.3 Å². The average molecular weight is 845 g/mol. The topological polar surface area (TPSA) is 25.8 Å². The SMILES string of the molecule is C[Si](C)(C)c1ccc(-c2[c-]cccc2)nc1.Cc1cc(-c2[c-]cc3c(c2)sc2ccc(-c4ccccc4)cc23)ncc1-c1ccccc1.[Ir]. The summed E-state index contributed by atoms with van der Waals surface area (Å²) < 4.78 is 2.57. The molecule has 0 amide bonds. The molecule has 0 aliphatic carbocycles. The zero-order chi connectivity index (χ0) is 33.1. The number of benzene rings is 5. The summed E-state index contributed by atoms with van der Waals surface area (Å²) in [5, 5.41) is 3.94. The van der Waals surface area contributed by atoms with E-state index in [2.05, 4.69) is 147 Å². The molecule has 2 nitrogen and oxygen atoms in total. The second-order valence-electron chi connectivity index (χ2n) is 13.0. The van der Waals surface area contributed by atoms with E-state index in [0.717, 1.165) is 22.5 Å². The number of hydrogen-bond acceptors (Lipinski definition) is 3. The second-order valence-corrected chi connectivity index (χ2v) is 19.2. The van der Waals surface area contributed by atoms with E-state index in [1.165, 1.54) is 53.2 Å². The molecule has 0 aliphatic heterocycles. The molecular formula is C44H36IrN2SSi-2. The van der Waals surface area contributed by atoms with Crippen LogP contribution in [0.5, 0.6) is 0 Å². The third-order valence-electron chi connectivity index (χ3n) is 8.60. The summed E-state index contributed by atoms with van der Waals surface area (Å²) in [7, 11) is -1.23. The van der Waals surface area contributed by atoms with E-state index < -0.39 is 8.07 Å². The largest absolute Gasteiger partial charge is 0.305 e. The molecule has 5 heteroatoms. The summed E-state index contributed by atoms with van der Waals surface area (Å²) in [6.07, 6.45) is 4.00. The van der Waals surface area contributed by atoms with Crippen molar-refractivity contribution in [3.05, 3.63) is 164 Å². The Labute approximate surface area is 307 Å². The third-order valence-corrected chi connectivity index (χ3v) is 11.8. The predicted octanol–water partition coefficient (Wildman–Crippen LogP) is 11.7. The van der Waals surface area contributed by atoms with E-state index in [9.17, 15) is 0 Å². The van der Waals surface area contributed by atoms with Gasteiger partial charge in [-0.1, -0.05) is 116 Å². The molecule has 3 aromatic heterocycles. The fourth-order valence-electron chi connectivity index (χ4n) is 5.85. The maximum Gasteiger partial charge on any atom is 0.0795 e. The molecule has 243 valence electrons. The number of nitrogens with zero attached hydrogens (tertiary/aromatic N) is 2. The maximum atomic E-state index is 4.77.